The van der Waals surface area contributed by atoms with Gasteiger partial charge in [-0.3, -0.25) is 4.79 Å². The van der Waals surface area contributed by atoms with Gasteiger partial charge >= 0.3 is 0 Å². The second-order valence-electron chi connectivity index (χ2n) is 5.11. The van der Waals surface area contributed by atoms with E-state index in [0.717, 1.165) is 7.11 Å². The summed E-state index contributed by atoms with van der Waals surface area (Å²) in [6.45, 7) is 0. The zero-order valence-electron chi connectivity index (χ0n) is 14.5. The third-order valence-corrected chi connectivity index (χ3v) is 3.61. The van der Waals surface area contributed by atoms with Gasteiger partial charge in [0, 0.05) is 18.7 Å². The first-order valence-electron chi connectivity index (χ1n) is 7.61. The average molecular weight is 371 g/mol. The summed E-state index contributed by atoms with van der Waals surface area (Å²) in [6.07, 6.45) is 0.542. The summed E-state index contributed by atoms with van der Waals surface area (Å²) >= 11 is 0. The lowest BCUT2D eigenvalue weighted by atomic mass is 10.1. The number of hydrogen-bond donors (Lipinski definition) is 1. The lowest BCUT2D eigenvalue weighted by molar-refractivity contribution is 0.111. The van der Waals surface area contributed by atoms with Crippen LogP contribution in [0.2, 0.25) is 0 Å². The van der Waals surface area contributed by atoms with Gasteiger partial charge < -0.3 is 9.84 Å². The Labute approximate surface area is 153 Å². The van der Waals surface area contributed by atoms with Crippen LogP contribution in [-0.2, 0) is 0 Å². The number of hydrogen-bond acceptors (Lipinski definition) is 5. The predicted molar refractivity (Wildman–Crippen MR) is 93.7 cm³/mol. The van der Waals surface area contributed by atoms with Crippen molar-refractivity contribution in [2.45, 2.75) is 0 Å². The first kappa shape index (κ1) is 19.8. The van der Waals surface area contributed by atoms with Crippen LogP contribution in [0.3, 0.4) is 0 Å². The van der Waals surface area contributed by atoms with E-state index in [9.17, 15) is 13.6 Å². The number of benzene rings is 2. The summed E-state index contributed by atoms with van der Waals surface area (Å²) in [5.74, 6) is -1.22. The van der Waals surface area contributed by atoms with Crippen LogP contribution in [0.25, 0.3) is 16.9 Å². The van der Waals surface area contributed by atoms with Gasteiger partial charge in [0.2, 0.25) is 0 Å². The van der Waals surface area contributed by atoms with Crippen LogP contribution in [0.4, 0.5) is 8.78 Å². The maximum Gasteiger partial charge on any atom is 0.170 e. The second-order valence-corrected chi connectivity index (χ2v) is 5.11. The van der Waals surface area contributed by atoms with Crippen molar-refractivity contribution in [3.05, 3.63) is 65.4 Å². The Balaban J connectivity index is 0.00000126. The van der Waals surface area contributed by atoms with Crippen molar-refractivity contribution in [2.24, 2.45) is 0 Å². The van der Waals surface area contributed by atoms with Gasteiger partial charge in [0.15, 0.2) is 17.9 Å². The zero-order chi connectivity index (χ0) is 20.0. The molecule has 3 rings (SSSR count). The number of carbonyl (C=O) groups is 1. The molecule has 6 nitrogen and oxygen atoms in total. The molecule has 0 aliphatic heterocycles. The summed E-state index contributed by atoms with van der Waals surface area (Å²) in [7, 11) is 2.35. The van der Waals surface area contributed by atoms with Crippen LogP contribution >= 0.6 is 0 Å². The van der Waals surface area contributed by atoms with Gasteiger partial charge in [-0.2, -0.15) is 10.4 Å². The highest BCUT2D eigenvalue weighted by atomic mass is 19.1. The van der Waals surface area contributed by atoms with Crippen LogP contribution in [0.1, 0.15) is 16.1 Å². The summed E-state index contributed by atoms with van der Waals surface area (Å²) in [6, 6.07) is 11.4. The van der Waals surface area contributed by atoms with Crippen molar-refractivity contribution in [3.63, 3.8) is 0 Å². The fourth-order valence-corrected chi connectivity index (χ4v) is 2.41. The van der Waals surface area contributed by atoms with E-state index >= 15 is 0 Å². The number of aliphatic hydroxyl groups is 1. The fourth-order valence-electron chi connectivity index (χ4n) is 2.41. The van der Waals surface area contributed by atoms with E-state index in [0.29, 0.717) is 23.2 Å². The molecule has 0 amide bonds. The number of nitrogens with zero attached hydrogens (tertiary/aromatic N) is 3. The van der Waals surface area contributed by atoms with E-state index in [4.69, 9.17) is 15.1 Å². The minimum atomic E-state index is -0.693. The molecule has 0 aliphatic rings. The monoisotopic (exact) mass is 371 g/mol. The van der Waals surface area contributed by atoms with E-state index < -0.39 is 11.6 Å². The van der Waals surface area contributed by atoms with E-state index in [2.05, 4.69) is 5.10 Å². The molecule has 0 fully saturated rings. The number of carbonyl (C=O) groups excluding carboxylic acids is 1. The Hall–Kier alpha value is -3.57. The number of ether oxygens (including phenoxy) is 1. The maximum absolute atomic E-state index is 14.0. The highest BCUT2D eigenvalue weighted by molar-refractivity contribution is 5.76. The van der Waals surface area contributed by atoms with Crippen LogP contribution in [-0.4, -0.2) is 35.4 Å². The van der Waals surface area contributed by atoms with Crippen molar-refractivity contribution in [3.8, 4) is 28.8 Å². The van der Waals surface area contributed by atoms with Crippen LogP contribution in [0, 0.1) is 23.0 Å². The Kier molecular flexibility index (Phi) is 6.36. The molecule has 0 saturated heterocycles. The number of aromatic nitrogens is 2. The van der Waals surface area contributed by atoms with Crippen LogP contribution in [0.15, 0.2) is 42.5 Å². The molecule has 138 valence electrons. The van der Waals surface area contributed by atoms with E-state index in [1.54, 1.807) is 12.1 Å². The van der Waals surface area contributed by atoms with Crippen molar-refractivity contribution in [1.29, 1.82) is 5.26 Å². The van der Waals surface area contributed by atoms with Crippen molar-refractivity contribution < 1.29 is 23.4 Å². The molecular weight excluding hydrogens is 356 g/mol. The van der Waals surface area contributed by atoms with Gasteiger partial charge in [0.1, 0.15) is 17.6 Å². The number of aldehydes is 1. The first-order chi connectivity index (χ1) is 13.1. The Bertz CT molecular complexity index is 1010. The molecule has 3 aromatic rings. The van der Waals surface area contributed by atoms with Crippen LogP contribution in [0.5, 0.6) is 5.75 Å². The number of aliphatic hydroxyl groups excluding tert-OH is 1. The maximum atomic E-state index is 14.0. The van der Waals surface area contributed by atoms with Gasteiger partial charge in [-0.1, -0.05) is 6.07 Å². The number of methoxy groups -OCH3 is 1. The molecule has 1 aromatic heterocycles. The third kappa shape index (κ3) is 3.99. The molecule has 0 spiro atoms. The second kappa shape index (κ2) is 8.69. The average Bonchev–Trinajstić information content (AvgIpc) is 3.14. The summed E-state index contributed by atoms with van der Waals surface area (Å²) in [4.78, 5) is 11.1. The fraction of sp³-hybridized carbons (Fsp3) is 0.105. The van der Waals surface area contributed by atoms with Crippen molar-refractivity contribution >= 4 is 6.29 Å². The molecule has 0 radical (unpaired) electrons. The molecule has 0 bridgehead atoms. The SMILES string of the molecule is CO.COc1ccc(-n2nc(C=O)cc2-c2ccc(C#N)c(F)c2)cc1F. The van der Waals surface area contributed by atoms with Gasteiger partial charge in [0.25, 0.3) is 0 Å². The lowest BCUT2D eigenvalue weighted by Crippen LogP contribution is -2.01. The van der Waals surface area contributed by atoms with Crippen LogP contribution < -0.4 is 4.74 Å². The van der Waals surface area contributed by atoms with Gasteiger partial charge in [-0.15, -0.1) is 0 Å². The van der Waals surface area contributed by atoms with Crippen molar-refractivity contribution in [1.82, 2.24) is 9.78 Å². The van der Waals surface area contributed by atoms with Gasteiger partial charge in [0.05, 0.1) is 24.1 Å². The summed E-state index contributed by atoms with van der Waals surface area (Å²) in [5.41, 5.74) is 1.13. The summed E-state index contributed by atoms with van der Waals surface area (Å²) in [5, 5.41) is 19.9. The number of nitriles is 1. The topological polar surface area (TPSA) is 88.1 Å². The highest BCUT2D eigenvalue weighted by Crippen LogP contribution is 2.27. The standard InChI is InChI=1S/C18H11F2N3O2.CH4O/c1-25-18-5-4-14(8-16(18)20)23-17(7-13(10-24)22-23)11-2-3-12(9-21)15(19)6-11;1-2/h2-8,10H,1H3;2H,1H3. The molecule has 1 heterocycles. The molecule has 0 unspecified atom stereocenters. The zero-order valence-corrected chi connectivity index (χ0v) is 14.5. The molecule has 0 aliphatic carbocycles. The number of rotatable bonds is 4. The van der Waals surface area contributed by atoms with Crippen molar-refractivity contribution in [2.75, 3.05) is 14.2 Å². The largest absolute Gasteiger partial charge is 0.494 e. The molecule has 2 aromatic carbocycles. The Morgan fingerprint density at radius 1 is 1.15 bits per heavy atom. The molecule has 27 heavy (non-hydrogen) atoms. The minimum Gasteiger partial charge on any atom is -0.494 e. The van der Waals surface area contributed by atoms with E-state index in [-0.39, 0.29) is 17.0 Å². The summed E-state index contributed by atoms with van der Waals surface area (Å²) < 4.78 is 34.1. The Morgan fingerprint density at radius 2 is 1.89 bits per heavy atom. The minimum absolute atomic E-state index is 0.0671. The number of halogens is 2. The third-order valence-electron chi connectivity index (χ3n) is 3.61. The van der Waals surface area contributed by atoms with Gasteiger partial charge in [-0.05, 0) is 30.3 Å². The molecular formula is C19H15F2N3O3. The van der Waals surface area contributed by atoms with E-state index in [1.165, 1.54) is 48.2 Å². The first-order valence-corrected chi connectivity index (χ1v) is 7.61. The lowest BCUT2D eigenvalue weighted by Gasteiger charge is -2.09. The molecule has 0 saturated carbocycles. The van der Waals surface area contributed by atoms with Gasteiger partial charge in [-0.25, -0.2) is 13.5 Å². The Morgan fingerprint density at radius 3 is 2.44 bits per heavy atom. The molecule has 1 N–H and O–H groups in total. The van der Waals surface area contributed by atoms with E-state index in [1.807, 2.05) is 0 Å². The molecule has 0 atom stereocenters. The predicted octanol–water partition coefficient (Wildman–Crippen LogP) is 3.12. The smallest absolute Gasteiger partial charge is 0.170 e. The quantitative estimate of drug-likeness (QED) is 0.712. The molecule has 8 heteroatoms. The highest BCUT2D eigenvalue weighted by Gasteiger charge is 2.15. The normalized spacial score (nSPS) is 9.78.